The lowest BCUT2D eigenvalue weighted by Crippen LogP contribution is -2.30. The molecule has 0 aliphatic heterocycles. The van der Waals surface area contributed by atoms with Crippen LogP contribution in [0.1, 0.15) is 17.3 Å². The Balaban J connectivity index is 1.56. The number of fused-ring (bicyclic) bond motifs is 1. The molecule has 9 heteroatoms. The van der Waals surface area contributed by atoms with Gasteiger partial charge < -0.3 is 19.6 Å². The molecular formula is C25H17ClFNO6. The van der Waals surface area contributed by atoms with E-state index >= 15 is 0 Å². The second kappa shape index (κ2) is 9.36. The van der Waals surface area contributed by atoms with Gasteiger partial charge in [0.2, 0.25) is 0 Å². The maximum absolute atomic E-state index is 13.4. The van der Waals surface area contributed by atoms with Crippen LogP contribution in [0.3, 0.4) is 0 Å². The SMILES string of the molecule is C[C@@H](Oc1ccc2c(-c3ccc(F)cc3Cl)cc(=O)oc2c1)C(=O)Nc1ccc(C(=O)O)cc1. The maximum Gasteiger partial charge on any atom is 0.336 e. The van der Waals surface area contributed by atoms with Gasteiger partial charge in [-0.2, -0.15) is 0 Å². The summed E-state index contributed by atoms with van der Waals surface area (Å²) in [5.41, 5.74) is 1.03. The van der Waals surface area contributed by atoms with Gasteiger partial charge in [-0.1, -0.05) is 11.6 Å². The fourth-order valence-electron chi connectivity index (χ4n) is 3.34. The Hall–Kier alpha value is -4.17. The van der Waals surface area contributed by atoms with Crippen molar-refractivity contribution in [1.29, 1.82) is 0 Å². The van der Waals surface area contributed by atoms with Crippen LogP contribution in [0.2, 0.25) is 5.02 Å². The Morgan fingerprint density at radius 1 is 1.03 bits per heavy atom. The van der Waals surface area contributed by atoms with Gasteiger partial charge in [0.05, 0.1) is 10.6 Å². The molecule has 0 bridgehead atoms. The summed E-state index contributed by atoms with van der Waals surface area (Å²) in [5.74, 6) is -1.75. The third kappa shape index (κ3) is 4.92. The van der Waals surface area contributed by atoms with Crippen LogP contribution in [-0.4, -0.2) is 23.1 Å². The summed E-state index contributed by atoms with van der Waals surface area (Å²) in [6.07, 6.45) is -0.918. The highest BCUT2D eigenvalue weighted by molar-refractivity contribution is 6.33. The molecule has 1 amide bonds. The molecule has 0 unspecified atom stereocenters. The van der Waals surface area contributed by atoms with Crippen LogP contribution in [0.15, 0.2) is 75.9 Å². The van der Waals surface area contributed by atoms with Crippen molar-refractivity contribution in [2.75, 3.05) is 5.32 Å². The number of benzene rings is 3. The molecule has 2 N–H and O–H groups in total. The highest BCUT2D eigenvalue weighted by Gasteiger charge is 2.17. The van der Waals surface area contributed by atoms with Crippen molar-refractivity contribution in [2.45, 2.75) is 13.0 Å². The van der Waals surface area contributed by atoms with Gasteiger partial charge in [0.1, 0.15) is 17.1 Å². The molecule has 34 heavy (non-hydrogen) atoms. The molecule has 0 saturated carbocycles. The molecule has 4 rings (SSSR count). The van der Waals surface area contributed by atoms with E-state index in [4.69, 9.17) is 25.9 Å². The molecule has 172 valence electrons. The number of carboxylic acid groups (broad SMARTS) is 1. The summed E-state index contributed by atoms with van der Waals surface area (Å²) in [7, 11) is 0. The van der Waals surface area contributed by atoms with Gasteiger partial charge in [-0.05, 0) is 61.5 Å². The molecule has 1 aromatic heterocycles. The largest absolute Gasteiger partial charge is 0.481 e. The number of hydrogen-bond acceptors (Lipinski definition) is 5. The van der Waals surface area contributed by atoms with Gasteiger partial charge >= 0.3 is 11.6 Å². The third-order valence-electron chi connectivity index (χ3n) is 5.02. The highest BCUT2D eigenvalue weighted by atomic mass is 35.5. The summed E-state index contributed by atoms with van der Waals surface area (Å²) in [6.45, 7) is 1.54. The number of hydrogen-bond donors (Lipinski definition) is 2. The number of rotatable bonds is 6. The van der Waals surface area contributed by atoms with Crippen LogP contribution in [0.25, 0.3) is 22.1 Å². The van der Waals surface area contributed by atoms with Crippen LogP contribution in [0.4, 0.5) is 10.1 Å². The van der Waals surface area contributed by atoms with Gasteiger partial charge in [0.25, 0.3) is 5.91 Å². The Bertz CT molecular complexity index is 1460. The summed E-state index contributed by atoms with van der Waals surface area (Å²) in [6, 6.07) is 15.6. The van der Waals surface area contributed by atoms with Crippen molar-refractivity contribution in [3.8, 4) is 16.9 Å². The molecule has 0 fully saturated rings. The normalized spacial score (nSPS) is 11.7. The van der Waals surface area contributed by atoms with E-state index < -0.39 is 29.4 Å². The van der Waals surface area contributed by atoms with E-state index in [0.29, 0.717) is 22.2 Å². The smallest absolute Gasteiger partial charge is 0.336 e. The number of carbonyl (C=O) groups is 2. The summed E-state index contributed by atoms with van der Waals surface area (Å²) in [5, 5.41) is 12.3. The molecule has 1 heterocycles. The number of amides is 1. The molecule has 0 spiro atoms. The van der Waals surface area contributed by atoms with Gasteiger partial charge in [-0.3, -0.25) is 4.79 Å². The van der Waals surface area contributed by atoms with Crippen LogP contribution in [0, 0.1) is 5.82 Å². The number of carbonyl (C=O) groups excluding carboxylic acids is 1. The van der Waals surface area contributed by atoms with Crippen molar-refractivity contribution in [3.05, 3.63) is 93.6 Å². The van der Waals surface area contributed by atoms with E-state index in [1.807, 2.05) is 0 Å². The first-order valence-corrected chi connectivity index (χ1v) is 10.4. The molecule has 7 nitrogen and oxygen atoms in total. The van der Waals surface area contributed by atoms with Gasteiger partial charge in [-0.15, -0.1) is 0 Å². The van der Waals surface area contributed by atoms with Crippen molar-refractivity contribution < 1.29 is 28.2 Å². The van der Waals surface area contributed by atoms with E-state index in [9.17, 15) is 18.8 Å². The standard InChI is InChI=1S/C25H17ClFNO6/c1-13(24(30)28-16-5-2-14(3-6-16)25(31)32)33-17-7-9-19-20(12-23(29)34-22(19)11-17)18-8-4-15(27)10-21(18)26/h2-13H,1H3,(H,28,30)(H,31,32)/t13-/m1/s1. The lowest BCUT2D eigenvalue weighted by molar-refractivity contribution is -0.122. The minimum Gasteiger partial charge on any atom is -0.481 e. The monoisotopic (exact) mass is 481 g/mol. The average Bonchev–Trinajstić information content (AvgIpc) is 2.78. The van der Waals surface area contributed by atoms with E-state index in [2.05, 4.69) is 5.32 Å². The predicted molar refractivity (Wildman–Crippen MR) is 125 cm³/mol. The zero-order chi connectivity index (χ0) is 24.4. The second-order valence-electron chi connectivity index (χ2n) is 7.39. The quantitative estimate of drug-likeness (QED) is 0.359. The number of anilines is 1. The predicted octanol–water partition coefficient (Wildman–Crippen LogP) is 5.36. The van der Waals surface area contributed by atoms with Crippen LogP contribution >= 0.6 is 11.6 Å². The topological polar surface area (TPSA) is 106 Å². The summed E-state index contributed by atoms with van der Waals surface area (Å²) >= 11 is 6.17. The molecular weight excluding hydrogens is 465 g/mol. The first-order valence-electron chi connectivity index (χ1n) is 10.1. The van der Waals surface area contributed by atoms with Gasteiger partial charge in [0, 0.05) is 34.3 Å². The number of aromatic carboxylic acids is 1. The van der Waals surface area contributed by atoms with Crippen LogP contribution < -0.4 is 15.7 Å². The Kier molecular flexibility index (Phi) is 6.34. The first kappa shape index (κ1) is 23.0. The lowest BCUT2D eigenvalue weighted by Gasteiger charge is -2.15. The Morgan fingerprint density at radius 3 is 2.44 bits per heavy atom. The Labute approximate surface area is 197 Å². The zero-order valence-electron chi connectivity index (χ0n) is 17.7. The summed E-state index contributed by atoms with van der Waals surface area (Å²) in [4.78, 5) is 35.6. The zero-order valence-corrected chi connectivity index (χ0v) is 18.4. The van der Waals surface area contributed by atoms with Crippen molar-refractivity contribution in [3.63, 3.8) is 0 Å². The molecule has 0 aliphatic rings. The van der Waals surface area contributed by atoms with Crippen LogP contribution in [0.5, 0.6) is 5.75 Å². The van der Waals surface area contributed by atoms with E-state index in [1.54, 1.807) is 12.1 Å². The van der Waals surface area contributed by atoms with Crippen molar-refractivity contribution in [1.82, 2.24) is 0 Å². The molecule has 4 aromatic rings. The molecule has 1 atom stereocenters. The third-order valence-corrected chi connectivity index (χ3v) is 5.33. The van der Waals surface area contributed by atoms with Crippen molar-refractivity contribution >= 4 is 40.1 Å². The van der Waals surface area contributed by atoms with Gasteiger partial charge in [0.15, 0.2) is 6.10 Å². The van der Waals surface area contributed by atoms with E-state index in [0.717, 1.165) is 6.07 Å². The van der Waals surface area contributed by atoms with Gasteiger partial charge in [-0.25, -0.2) is 14.0 Å². The highest BCUT2D eigenvalue weighted by Crippen LogP contribution is 2.34. The minimum absolute atomic E-state index is 0.0984. The lowest BCUT2D eigenvalue weighted by atomic mass is 10.0. The molecule has 0 saturated heterocycles. The molecule has 0 radical (unpaired) electrons. The Morgan fingerprint density at radius 2 is 1.76 bits per heavy atom. The molecule has 3 aromatic carbocycles. The van der Waals surface area contributed by atoms with E-state index in [-0.39, 0.29) is 21.9 Å². The second-order valence-corrected chi connectivity index (χ2v) is 7.80. The van der Waals surface area contributed by atoms with E-state index in [1.165, 1.54) is 55.5 Å². The number of carboxylic acids is 1. The summed E-state index contributed by atoms with van der Waals surface area (Å²) < 4.78 is 24.4. The fourth-order valence-corrected chi connectivity index (χ4v) is 3.61. The maximum atomic E-state index is 13.4. The number of ether oxygens (including phenoxy) is 1. The fraction of sp³-hybridized carbons (Fsp3) is 0.0800. The number of halogens is 2. The molecule has 0 aliphatic carbocycles. The van der Waals surface area contributed by atoms with Crippen molar-refractivity contribution in [2.24, 2.45) is 0 Å². The minimum atomic E-state index is -1.07. The first-order chi connectivity index (χ1) is 16.2. The van der Waals surface area contributed by atoms with Crippen LogP contribution in [-0.2, 0) is 4.79 Å². The average molecular weight is 482 g/mol. The number of nitrogens with one attached hydrogen (secondary N) is 1.